The molecule has 2 aromatic rings. The summed E-state index contributed by atoms with van der Waals surface area (Å²) in [7, 11) is 0. The molecule has 2 rings (SSSR count). The molecule has 2 aromatic carbocycles. The van der Waals surface area contributed by atoms with Gasteiger partial charge in [-0.3, -0.25) is 4.79 Å². The summed E-state index contributed by atoms with van der Waals surface area (Å²) < 4.78 is 5.07. The zero-order valence-corrected chi connectivity index (χ0v) is 10.9. The minimum absolute atomic E-state index is 0.0587. The highest BCUT2D eigenvalue weighted by Gasteiger charge is 2.15. The van der Waals surface area contributed by atoms with Crippen LogP contribution in [0, 0.1) is 0 Å². The second-order valence-corrected chi connectivity index (χ2v) is 4.25. The van der Waals surface area contributed by atoms with Gasteiger partial charge in [-0.2, -0.15) is 0 Å². The number of amides is 1. The number of nitrogens with one attached hydrogen (secondary N) is 1. The van der Waals surface area contributed by atoms with E-state index in [1.807, 2.05) is 0 Å². The molecule has 2 N–H and O–H groups in total. The first-order valence-electron chi connectivity index (χ1n) is 5.61. The largest absolute Gasteiger partial charge is 0.503 e. The average Bonchev–Trinajstić information content (AvgIpc) is 2.45. The Balaban J connectivity index is 2.29. The van der Waals surface area contributed by atoms with E-state index in [0.29, 0.717) is 12.0 Å². The Bertz CT molecular complexity index is 643. The van der Waals surface area contributed by atoms with Gasteiger partial charge in [-0.25, -0.2) is 4.79 Å². The average molecular weight is 292 g/mol. The molecule has 0 bridgehead atoms. The zero-order valence-electron chi connectivity index (χ0n) is 10.2. The van der Waals surface area contributed by atoms with Crippen LogP contribution in [-0.4, -0.2) is 17.5 Å². The number of hydrogen-bond donors (Lipinski definition) is 2. The number of ether oxygens (including phenoxy) is 1. The number of phenolic OH excluding ortho intramolecular Hbond substituents is 1. The van der Waals surface area contributed by atoms with Gasteiger partial charge in [-0.15, -0.1) is 0 Å². The van der Waals surface area contributed by atoms with Gasteiger partial charge in [0.05, 0.1) is 11.3 Å². The maximum atomic E-state index is 11.9. The molecule has 102 valence electrons. The molecule has 0 aliphatic heterocycles. The van der Waals surface area contributed by atoms with E-state index in [1.54, 1.807) is 30.3 Å². The summed E-state index contributed by atoms with van der Waals surface area (Å²) in [5.74, 6) is -1.14. The van der Waals surface area contributed by atoms with Gasteiger partial charge in [-0.1, -0.05) is 29.8 Å². The summed E-state index contributed by atoms with van der Waals surface area (Å²) in [5.41, 5.74) is 0.389. The predicted octanol–water partition coefficient (Wildman–Crippen LogP) is 2.83. The summed E-state index contributed by atoms with van der Waals surface area (Å²) in [6, 6.07) is 10.9. The van der Waals surface area contributed by atoms with Gasteiger partial charge in [0.15, 0.2) is 11.5 Å². The van der Waals surface area contributed by atoms with Crippen molar-refractivity contribution >= 4 is 29.7 Å². The number of rotatable bonds is 4. The molecule has 1 amide bonds. The molecule has 0 aliphatic rings. The lowest BCUT2D eigenvalue weighted by molar-refractivity contribution is -0.105. The number of carbonyl (C=O) groups excluding carboxylic acids is 2. The van der Waals surface area contributed by atoms with Gasteiger partial charge in [-0.05, 0) is 18.2 Å². The van der Waals surface area contributed by atoms with Crippen LogP contribution >= 0.6 is 11.6 Å². The van der Waals surface area contributed by atoms with Gasteiger partial charge in [0.1, 0.15) is 0 Å². The first-order valence-corrected chi connectivity index (χ1v) is 5.99. The monoisotopic (exact) mass is 291 g/mol. The van der Waals surface area contributed by atoms with E-state index in [-0.39, 0.29) is 22.2 Å². The summed E-state index contributed by atoms with van der Waals surface area (Å²) in [4.78, 5) is 22.3. The standard InChI is InChI=1S/C14H10ClNO4/c15-10-6-11(16-8-17)13(18)12(7-10)20-14(19)9-4-2-1-3-5-9/h1-8,18H,(H,16,17). The zero-order chi connectivity index (χ0) is 14.5. The van der Waals surface area contributed by atoms with Crippen LogP contribution in [-0.2, 0) is 4.79 Å². The first kappa shape index (κ1) is 13.9. The number of anilines is 1. The Kier molecular flexibility index (Phi) is 4.22. The molecule has 0 spiro atoms. The molecular weight excluding hydrogens is 282 g/mol. The lowest BCUT2D eigenvalue weighted by Crippen LogP contribution is -2.08. The normalized spacial score (nSPS) is 9.85. The lowest BCUT2D eigenvalue weighted by atomic mass is 10.2. The Morgan fingerprint density at radius 3 is 2.60 bits per heavy atom. The number of halogens is 1. The minimum atomic E-state index is -0.639. The van der Waals surface area contributed by atoms with Crippen LogP contribution in [0.2, 0.25) is 5.02 Å². The molecule has 0 aromatic heterocycles. The van der Waals surface area contributed by atoms with Crippen molar-refractivity contribution in [1.29, 1.82) is 0 Å². The number of hydrogen-bond acceptors (Lipinski definition) is 4. The number of phenols is 1. The van der Waals surface area contributed by atoms with E-state index in [0.717, 1.165) is 0 Å². The quantitative estimate of drug-likeness (QED) is 0.393. The maximum absolute atomic E-state index is 11.9. The third-order valence-electron chi connectivity index (χ3n) is 2.47. The fraction of sp³-hybridized carbons (Fsp3) is 0. The molecule has 0 heterocycles. The predicted molar refractivity (Wildman–Crippen MR) is 74.2 cm³/mol. The molecule has 0 unspecified atom stereocenters. The van der Waals surface area contributed by atoms with Crippen molar-refractivity contribution in [2.45, 2.75) is 0 Å². The van der Waals surface area contributed by atoms with Crippen molar-refractivity contribution in [3.63, 3.8) is 0 Å². The Morgan fingerprint density at radius 2 is 1.95 bits per heavy atom. The number of aromatic hydroxyl groups is 1. The highest BCUT2D eigenvalue weighted by Crippen LogP contribution is 2.37. The minimum Gasteiger partial charge on any atom is -0.503 e. The molecule has 0 saturated carbocycles. The molecule has 20 heavy (non-hydrogen) atoms. The van der Waals surface area contributed by atoms with E-state index in [9.17, 15) is 14.7 Å². The molecule has 5 nitrogen and oxygen atoms in total. The molecule has 0 aliphatic carbocycles. The van der Waals surface area contributed by atoms with E-state index in [1.165, 1.54) is 12.1 Å². The van der Waals surface area contributed by atoms with Crippen LogP contribution < -0.4 is 10.1 Å². The molecule has 0 saturated heterocycles. The summed E-state index contributed by atoms with van der Waals surface area (Å²) in [6.07, 6.45) is 0.383. The van der Waals surface area contributed by atoms with Crippen molar-refractivity contribution < 1.29 is 19.4 Å². The van der Waals surface area contributed by atoms with Crippen LogP contribution in [0.15, 0.2) is 42.5 Å². The van der Waals surface area contributed by atoms with Crippen LogP contribution in [0.25, 0.3) is 0 Å². The van der Waals surface area contributed by atoms with Crippen LogP contribution in [0.3, 0.4) is 0 Å². The van der Waals surface area contributed by atoms with E-state index < -0.39 is 5.97 Å². The molecule has 6 heteroatoms. The van der Waals surface area contributed by atoms with Crippen molar-refractivity contribution in [2.75, 3.05) is 5.32 Å². The van der Waals surface area contributed by atoms with Crippen LogP contribution in [0.1, 0.15) is 10.4 Å². The molecular formula is C14H10ClNO4. The summed E-state index contributed by atoms with van der Waals surface area (Å²) in [5, 5.41) is 12.4. The number of carbonyl (C=O) groups is 2. The van der Waals surface area contributed by atoms with E-state index in [2.05, 4.69) is 5.32 Å². The molecule has 0 fully saturated rings. The van der Waals surface area contributed by atoms with Gasteiger partial charge in [0.25, 0.3) is 0 Å². The van der Waals surface area contributed by atoms with E-state index in [4.69, 9.17) is 16.3 Å². The Hall–Kier alpha value is -2.53. The summed E-state index contributed by atoms with van der Waals surface area (Å²) in [6.45, 7) is 0. The SMILES string of the molecule is O=CNc1cc(Cl)cc(OC(=O)c2ccccc2)c1O. The second kappa shape index (κ2) is 6.08. The Morgan fingerprint density at radius 1 is 1.25 bits per heavy atom. The van der Waals surface area contributed by atoms with Crippen molar-refractivity contribution in [3.05, 3.63) is 53.1 Å². The fourth-order valence-corrected chi connectivity index (χ4v) is 1.77. The number of esters is 1. The molecule has 0 radical (unpaired) electrons. The van der Waals surface area contributed by atoms with E-state index >= 15 is 0 Å². The summed E-state index contributed by atoms with van der Waals surface area (Å²) >= 11 is 5.83. The van der Waals surface area contributed by atoms with Crippen molar-refractivity contribution in [1.82, 2.24) is 0 Å². The third kappa shape index (κ3) is 3.07. The van der Waals surface area contributed by atoms with Gasteiger partial charge < -0.3 is 15.2 Å². The van der Waals surface area contributed by atoms with Crippen LogP contribution in [0.5, 0.6) is 11.5 Å². The van der Waals surface area contributed by atoms with Gasteiger partial charge in [0, 0.05) is 11.1 Å². The third-order valence-corrected chi connectivity index (χ3v) is 2.68. The van der Waals surface area contributed by atoms with Crippen LogP contribution in [0.4, 0.5) is 5.69 Å². The highest BCUT2D eigenvalue weighted by atomic mass is 35.5. The molecule has 0 atom stereocenters. The van der Waals surface area contributed by atoms with Crippen molar-refractivity contribution in [2.24, 2.45) is 0 Å². The second-order valence-electron chi connectivity index (χ2n) is 3.82. The number of benzene rings is 2. The Labute approximate surface area is 119 Å². The van der Waals surface area contributed by atoms with Gasteiger partial charge >= 0.3 is 5.97 Å². The smallest absolute Gasteiger partial charge is 0.343 e. The highest BCUT2D eigenvalue weighted by molar-refractivity contribution is 6.31. The topological polar surface area (TPSA) is 75.6 Å². The van der Waals surface area contributed by atoms with Gasteiger partial charge in [0.2, 0.25) is 6.41 Å². The lowest BCUT2D eigenvalue weighted by Gasteiger charge is -2.10. The fourth-order valence-electron chi connectivity index (χ4n) is 1.56. The van der Waals surface area contributed by atoms with Crippen molar-refractivity contribution in [3.8, 4) is 11.5 Å². The maximum Gasteiger partial charge on any atom is 0.343 e. The first-order chi connectivity index (χ1) is 9.61.